The molecule has 8 nitrogen and oxygen atoms in total. The van der Waals surface area contributed by atoms with Crippen LogP contribution < -0.4 is 20.1 Å². The molecule has 0 radical (unpaired) electrons. The molecule has 2 N–H and O–H groups in total. The molecule has 156 valence electrons. The number of amides is 4. The predicted octanol–water partition coefficient (Wildman–Crippen LogP) is 2.82. The summed E-state index contributed by atoms with van der Waals surface area (Å²) in [6.07, 6.45) is 7.18. The van der Waals surface area contributed by atoms with Crippen molar-refractivity contribution in [2.75, 3.05) is 25.1 Å². The molecular weight excluding hydrogens is 374 g/mol. The zero-order chi connectivity index (χ0) is 20.3. The lowest BCUT2D eigenvalue weighted by molar-refractivity contribution is -0.134. The number of ether oxygens (including phenoxy) is 2. The largest absolute Gasteiger partial charge is 0.490 e. The number of carbonyl (C=O) groups excluding carboxylic acids is 3. The van der Waals surface area contributed by atoms with E-state index in [1.807, 2.05) is 0 Å². The van der Waals surface area contributed by atoms with E-state index in [1.54, 1.807) is 18.2 Å². The highest BCUT2D eigenvalue weighted by Crippen LogP contribution is 2.33. The van der Waals surface area contributed by atoms with Crippen LogP contribution in [-0.2, 0) is 9.59 Å². The van der Waals surface area contributed by atoms with E-state index >= 15 is 0 Å². The second-order valence-corrected chi connectivity index (χ2v) is 7.93. The summed E-state index contributed by atoms with van der Waals surface area (Å²) in [7, 11) is 0. The smallest absolute Gasteiger partial charge is 0.325 e. The number of hydrogen-bond donors (Lipinski definition) is 2. The van der Waals surface area contributed by atoms with Gasteiger partial charge in [0.25, 0.3) is 5.91 Å². The Morgan fingerprint density at radius 2 is 1.69 bits per heavy atom. The fourth-order valence-electron chi connectivity index (χ4n) is 4.25. The van der Waals surface area contributed by atoms with Crippen LogP contribution in [0.5, 0.6) is 11.5 Å². The van der Waals surface area contributed by atoms with Crippen LogP contribution in [0.4, 0.5) is 10.5 Å². The summed E-state index contributed by atoms with van der Waals surface area (Å²) in [6.45, 7) is 0.836. The van der Waals surface area contributed by atoms with Gasteiger partial charge in [0.15, 0.2) is 11.5 Å². The van der Waals surface area contributed by atoms with E-state index in [4.69, 9.17) is 9.47 Å². The summed E-state index contributed by atoms with van der Waals surface area (Å²) in [5.74, 6) is 0.508. The number of hydrogen-bond acceptors (Lipinski definition) is 5. The van der Waals surface area contributed by atoms with Gasteiger partial charge in [-0.3, -0.25) is 14.5 Å². The molecule has 1 aromatic carbocycles. The Labute approximate surface area is 169 Å². The Morgan fingerprint density at radius 1 is 1.00 bits per heavy atom. The zero-order valence-corrected chi connectivity index (χ0v) is 16.5. The van der Waals surface area contributed by atoms with Crippen molar-refractivity contribution in [1.29, 1.82) is 0 Å². The number of benzene rings is 1. The first-order chi connectivity index (χ1) is 14.1. The Bertz CT molecular complexity index is 802. The Kier molecular flexibility index (Phi) is 5.60. The first-order valence-electron chi connectivity index (χ1n) is 10.4. The first kappa shape index (κ1) is 19.5. The third-order valence-electron chi connectivity index (χ3n) is 5.79. The molecule has 2 heterocycles. The van der Waals surface area contributed by atoms with Gasteiger partial charge in [0.1, 0.15) is 12.1 Å². The molecule has 3 aliphatic rings. The van der Waals surface area contributed by atoms with E-state index in [9.17, 15) is 14.4 Å². The molecule has 2 aliphatic heterocycles. The molecule has 0 unspecified atom stereocenters. The average molecular weight is 401 g/mol. The SMILES string of the molecule is O=C(CN1C(=O)NC2(CCCCCCC2)C1=O)Nc1ccc2c(c1)OCCCO2. The summed E-state index contributed by atoms with van der Waals surface area (Å²) < 4.78 is 11.2. The number of nitrogens with one attached hydrogen (secondary N) is 2. The first-order valence-corrected chi connectivity index (χ1v) is 10.4. The Balaban J connectivity index is 1.41. The van der Waals surface area contributed by atoms with Crippen LogP contribution in [0.1, 0.15) is 51.4 Å². The maximum absolute atomic E-state index is 13.0. The molecule has 0 atom stereocenters. The van der Waals surface area contributed by atoms with Crippen molar-refractivity contribution in [2.24, 2.45) is 0 Å². The van der Waals surface area contributed by atoms with Gasteiger partial charge in [-0.15, -0.1) is 0 Å². The molecule has 1 aliphatic carbocycles. The van der Waals surface area contributed by atoms with Crippen LogP contribution in [0, 0.1) is 0 Å². The molecule has 4 rings (SSSR count). The lowest BCUT2D eigenvalue weighted by Gasteiger charge is -2.28. The van der Waals surface area contributed by atoms with Crippen LogP contribution in [0.25, 0.3) is 0 Å². The lowest BCUT2D eigenvalue weighted by atomic mass is 9.84. The van der Waals surface area contributed by atoms with Gasteiger partial charge in [0, 0.05) is 18.2 Å². The second-order valence-electron chi connectivity index (χ2n) is 7.93. The molecule has 1 saturated heterocycles. The van der Waals surface area contributed by atoms with E-state index in [0.717, 1.165) is 37.0 Å². The number of nitrogens with zero attached hydrogens (tertiary/aromatic N) is 1. The summed E-state index contributed by atoms with van der Waals surface area (Å²) in [4.78, 5) is 39.0. The molecule has 1 saturated carbocycles. The van der Waals surface area contributed by atoms with E-state index < -0.39 is 17.5 Å². The van der Waals surface area contributed by atoms with Gasteiger partial charge in [-0.1, -0.05) is 32.1 Å². The normalized spacial score (nSPS) is 21.2. The number of anilines is 1. The van der Waals surface area contributed by atoms with Gasteiger partial charge in [-0.2, -0.15) is 0 Å². The monoisotopic (exact) mass is 401 g/mol. The van der Waals surface area contributed by atoms with E-state index in [1.165, 1.54) is 6.42 Å². The van der Waals surface area contributed by atoms with Gasteiger partial charge < -0.3 is 20.1 Å². The minimum absolute atomic E-state index is 0.279. The van der Waals surface area contributed by atoms with Gasteiger partial charge in [-0.05, 0) is 25.0 Å². The van der Waals surface area contributed by atoms with E-state index in [0.29, 0.717) is 43.2 Å². The van der Waals surface area contributed by atoms with Crippen molar-refractivity contribution in [2.45, 2.75) is 56.9 Å². The molecule has 2 fully saturated rings. The predicted molar refractivity (Wildman–Crippen MR) is 106 cm³/mol. The number of urea groups is 1. The van der Waals surface area contributed by atoms with Crippen LogP contribution in [0.15, 0.2) is 18.2 Å². The highest BCUT2D eigenvalue weighted by molar-refractivity contribution is 6.10. The summed E-state index contributed by atoms with van der Waals surface area (Å²) in [5.41, 5.74) is -0.306. The van der Waals surface area contributed by atoms with Crippen molar-refractivity contribution >= 4 is 23.5 Å². The molecule has 29 heavy (non-hydrogen) atoms. The Morgan fingerprint density at radius 3 is 2.45 bits per heavy atom. The van der Waals surface area contributed by atoms with Crippen molar-refractivity contribution in [3.05, 3.63) is 18.2 Å². The highest BCUT2D eigenvalue weighted by atomic mass is 16.5. The lowest BCUT2D eigenvalue weighted by Crippen LogP contribution is -2.47. The van der Waals surface area contributed by atoms with Crippen molar-refractivity contribution in [3.8, 4) is 11.5 Å². The minimum Gasteiger partial charge on any atom is -0.490 e. The quantitative estimate of drug-likeness (QED) is 0.759. The summed E-state index contributed by atoms with van der Waals surface area (Å²) in [6, 6.07) is 4.67. The standard InChI is InChI=1S/C21H27N3O5/c25-18(22-15-7-8-16-17(13-15)29-12-6-11-28-16)14-24-19(26)21(23-20(24)27)9-4-2-1-3-5-10-21/h7-8,13H,1-6,9-12,14H2,(H,22,25)(H,23,27). The van der Waals surface area contributed by atoms with E-state index in [2.05, 4.69) is 10.6 Å². The fourth-order valence-corrected chi connectivity index (χ4v) is 4.25. The molecule has 0 bridgehead atoms. The van der Waals surface area contributed by atoms with Crippen LogP contribution in [0.2, 0.25) is 0 Å². The second kappa shape index (κ2) is 8.31. The molecule has 4 amide bonds. The van der Waals surface area contributed by atoms with Crippen LogP contribution in [0.3, 0.4) is 0 Å². The zero-order valence-electron chi connectivity index (χ0n) is 16.5. The van der Waals surface area contributed by atoms with Gasteiger partial charge in [-0.25, -0.2) is 4.79 Å². The molecule has 0 aromatic heterocycles. The van der Waals surface area contributed by atoms with Crippen molar-refractivity contribution in [1.82, 2.24) is 10.2 Å². The number of carbonyl (C=O) groups is 3. The number of imide groups is 1. The topological polar surface area (TPSA) is 97.0 Å². The maximum Gasteiger partial charge on any atom is 0.325 e. The minimum atomic E-state index is -0.840. The van der Waals surface area contributed by atoms with Crippen molar-refractivity contribution < 1.29 is 23.9 Å². The third-order valence-corrected chi connectivity index (χ3v) is 5.79. The number of rotatable bonds is 3. The molecule has 1 aromatic rings. The maximum atomic E-state index is 13.0. The van der Waals surface area contributed by atoms with Gasteiger partial charge >= 0.3 is 6.03 Å². The Hall–Kier alpha value is -2.77. The summed E-state index contributed by atoms with van der Waals surface area (Å²) >= 11 is 0. The van der Waals surface area contributed by atoms with E-state index in [-0.39, 0.29) is 12.5 Å². The molecule has 1 spiro atoms. The van der Waals surface area contributed by atoms with Gasteiger partial charge in [0.2, 0.25) is 5.91 Å². The number of fused-ring (bicyclic) bond motifs is 1. The van der Waals surface area contributed by atoms with Gasteiger partial charge in [0.05, 0.1) is 13.2 Å². The molecular formula is C21H27N3O5. The average Bonchev–Trinajstić information content (AvgIpc) is 2.83. The summed E-state index contributed by atoms with van der Waals surface area (Å²) in [5, 5.41) is 5.62. The van der Waals surface area contributed by atoms with Crippen LogP contribution in [-0.4, -0.2) is 48.0 Å². The van der Waals surface area contributed by atoms with Crippen LogP contribution >= 0.6 is 0 Å². The fraction of sp³-hybridized carbons (Fsp3) is 0.571. The van der Waals surface area contributed by atoms with Crippen molar-refractivity contribution in [3.63, 3.8) is 0 Å². The highest BCUT2D eigenvalue weighted by Gasteiger charge is 2.50. The molecule has 8 heteroatoms. The third kappa shape index (κ3) is 4.16.